The summed E-state index contributed by atoms with van der Waals surface area (Å²) < 4.78 is 81.3. The smallest absolute Gasteiger partial charge is 0.391 e. The Morgan fingerprint density at radius 2 is 1.72 bits per heavy atom. The van der Waals surface area contributed by atoms with Crippen molar-refractivity contribution >= 4 is 21.7 Å². The van der Waals surface area contributed by atoms with E-state index in [1.165, 1.54) is 10.9 Å². The number of halogens is 4. The fourth-order valence-corrected chi connectivity index (χ4v) is 5.25. The van der Waals surface area contributed by atoms with Crippen LogP contribution in [0.15, 0.2) is 53.7 Å². The summed E-state index contributed by atoms with van der Waals surface area (Å²) in [6.45, 7) is 0. The number of nitrogens with zero attached hydrogens (tertiary/aromatic N) is 2. The maximum Gasteiger partial charge on any atom is 0.391 e. The zero-order chi connectivity index (χ0) is 26.3. The molecule has 4 rings (SSSR count). The van der Waals surface area contributed by atoms with E-state index in [1.807, 2.05) is 4.72 Å². The molecule has 0 radical (unpaired) electrons. The van der Waals surface area contributed by atoms with Gasteiger partial charge in [0, 0.05) is 6.07 Å². The van der Waals surface area contributed by atoms with Gasteiger partial charge in [-0.25, -0.2) is 22.3 Å². The number of carboxylic acids is 1. The van der Waals surface area contributed by atoms with Gasteiger partial charge in [-0.15, -0.1) is 0 Å². The number of hydrogen-bond acceptors (Lipinski definition) is 5. The summed E-state index contributed by atoms with van der Waals surface area (Å²) in [5.74, 6) is -4.89. The summed E-state index contributed by atoms with van der Waals surface area (Å²) in [7, 11) is -4.31. The maximum atomic E-state index is 13.9. The minimum absolute atomic E-state index is 0.0102. The van der Waals surface area contributed by atoms with Gasteiger partial charge in [-0.2, -0.15) is 18.3 Å². The van der Waals surface area contributed by atoms with Crippen LogP contribution >= 0.6 is 0 Å². The molecule has 2 aromatic carbocycles. The van der Waals surface area contributed by atoms with Crippen LogP contribution in [0.1, 0.15) is 47.5 Å². The minimum atomic E-state index is -4.31. The molecule has 1 heterocycles. The number of anilines is 1. The summed E-state index contributed by atoms with van der Waals surface area (Å²) in [6, 6.07) is 8.04. The van der Waals surface area contributed by atoms with Crippen molar-refractivity contribution in [1.82, 2.24) is 9.78 Å². The van der Waals surface area contributed by atoms with Crippen molar-refractivity contribution < 1.29 is 41.0 Å². The van der Waals surface area contributed by atoms with Gasteiger partial charge < -0.3 is 10.2 Å². The number of rotatable bonds is 6. The van der Waals surface area contributed by atoms with Crippen LogP contribution in [0, 0.1) is 11.7 Å². The van der Waals surface area contributed by atoms with E-state index in [2.05, 4.69) is 5.10 Å². The lowest BCUT2D eigenvalue weighted by atomic mass is 9.78. The highest BCUT2D eigenvalue weighted by Crippen LogP contribution is 2.43. The molecular formula is C23H21F4N3O5S. The number of carboxylic acid groups (broad SMARTS) is 1. The molecule has 3 N–H and O–H groups in total. The molecule has 1 aromatic heterocycles. The highest BCUT2D eigenvalue weighted by molar-refractivity contribution is 7.92. The molecule has 0 bridgehead atoms. The molecule has 36 heavy (non-hydrogen) atoms. The number of sulfonamides is 1. The topological polar surface area (TPSA) is 122 Å². The Balaban J connectivity index is 1.47. The molecule has 0 atom stereocenters. The zero-order valence-corrected chi connectivity index (χ0v) is 19.4. The van der Waals surface area contributed by atoms with Crippen molar-refractivity contribution in [3.8, 4) is 11.4 Å². The molecule has 1 aliphatic rings. The normalized spacial score (nSPS) is 18.7. The van der Waals surface area contributed by atoms with Crippen LogP contribution in [0.2, 0.25) is 0 Å². The number of alkyl halides is 3. The summed E-state index contributed by atoms with van der Waals surface area (Å²) in [5.41, 5.74) is 0.0298. The van der Waals surface area contributed by atoms with E-state index in [4.69, 9.17) is 5.11 Å². The van der Waals surface area contributed by atoms with Gasteiger partial charge in [-0.05, 0) is 55.4 Å². The Morgan fingerprint density at radius 1 is 1.08 bits per heavy atom. The average Bonchev–Trinajstić information content (AvgIpc) is 3.32. The van der Waals surface area contributed by atoms with Crippen LogP contribution in [-0.2, 0) is 10.0 Å². The zero-order valence-electron chi connectivity index (χ0n) is 18.5. The lowest BCUT2D eigenvalue weighted by Crippen LogP contribution is -2.27. The fraction of sp³-hybridized carbons (Fsp3) is 0.304. The second-order valence-corrected chi connectivity index (χ2v) is 10.2. The monoisotopic (exact) mass is 527 g/mol. The quantitative estimate of drug-likeness (QED) is 0.305. The summed E-state index contributed by atoms with van der Waals surface area (Å²) in [4.78, 5) is 10.6. The highest BCUT2D eigenvalue weighted by Gasteiger charge is 2.41. The van der Waals surface area contributed by atoms with Crippen LogP contribution in [0.3, 0.4) is 0 Å². The van der Waals surface area contributed by atoms with Crippen LogP contribution in [0.5, 0.6) is 5.75 Å². The molecule has 3 aromatic rings. The average molecular weight is 527 g/mol. The van der Waals surface area contributed by atoms with Gasteiger partial charge >= 0.3 is 12.1 Å². The molecule has 0 unspecified atom stereocenters. The van der Waals surface area contributed by atoms with Gasteiger partial charge in [0.05, 0.1) is 35.2 Å². The number of aromatic hydroxyl groups is 1. The number of aromatic nitrogens is 2. The molecule has 0 amide bonds. The molecule has 0 saturated heterocycles. The van der Waals surface area contributed by atoms with Crippen molar-refractivity contribution in [2.45, 2.75) is 42.7 Å². The Labute approximate surface area is 203 Å². The van der Waals surface area contributed by atoms with Crippen LogP contribution in [0.4, 0.5) is 23.2 Å². The van der Waals surface area contributed by atoms with E-state index in [0.717, 1.165) is 11.8 Å². The van der Waals surface area contributed by atoms with E-state index in [9.17, 15) is 35.9 Å². The Bertz CT molecular complexity index is 1380. The second kappa shape index (κ2) is 9.45. The minimum Gasteiger partial charge on any atom is -0.506 e. The molecule has 8 nitrogen and oxygen atoms in total. The Hall–Kier alpha value is -3.61. The molecule has 0 aliphatic heterocycles. The molecule has 13 heteroatoms. The number of carbonyl (C=O) groups is 1. The van der Waals surface area contributed by atoms with Crippen molar-refractivity contribution in [2.75, 3.05) is 4.72 Å². The predicted octanol–water partition coefficient (Wildman–Crippen LogP) is 5.05. The van der Waals surface area contributed by atoms with E-state index < -0.39 is 50.9 Å². The first-order valence-electron chi connectivity index (χ1n) is 10.9. The van der Waals surface area contributed by atoms with Gasteiger partial charge in [0.15, 0.2) is 0 Å². The first-order valence-corrected chi connectivity index (χ1v) is 12.3. The third-order valence-electron chi connectivity index (χ3n) is 6.25. The number of nitrogens with one attached hydrogen (secondary N) is 1. The third-order valence-corrected chi connectivity index (χ3v) is 7.57. The van der Waals surface area contributed by atoms with Gasteiger partial charge in [-0.3, -0.25) is 4.72 Å². The maximum absolute atomic E-state index is 13.9. The second-order valence-electron chi connectivity index (χ2n) is 8.56. The molecule has 192 valence electrons. The Kier molecular flexibility index (Phi) is 6.69. The highest BCUT2D eigenvalue weighted by atomic mass is 32.2. The van der Waals surface area contributed by atoms with Gasteiger partial charge in [0.25, 0.3) is 10.0 Å². The van der Waals surface area contributed by atoms with Gasteiger partial charge in [0.2, 0.25) is 0 Å². The van der Waals surface area contributed by atoms with E-state index in [1.54, 1.807) is 24.3 Å². The summed E-state index contributed by atoms with van der Waals surface area (Å²) in [6.07, 6.45) is -0.917. The number of benzene rings is 2. The standard InChI is InChI=1S/C23H21F4N3O5S/c24-19-10-20(21(31)9-18(19)22(32)33)29-36(34,35)17-11-28-30(12-17)16-7-3-14(4-8-16)13-1-5-15(6-2-13)23(25,26)27/h3-4,7-13,15,29,31H,1-2,5-6H2,(H,32,33). The number of phenols is 1. The SMILES string of the molecule is O=C(O)c1cc(O)c(NS(=O)(=O)c2cnn(-c3ccc(C4CCC(C(F)(F)F)CC4)cc3)c2)cc1F. The molecule has 1 fully saturated rings. The van der Waals surface area contributed by atoms with E-state index >= 15 is 0 Å². The molecule has 1 aliphatic carbocycles. The first-order chi connectivity index (χ1) is 16.8. The summed E-state index contributed by atoms with van der Waals surface area (Å²) >= 11 is 0. The lowest BCUT2D eigenvalue weighted by Gasteiger charge is -2.30. The molecule has 1 saturated carbocycles. The van der Waals surface area contributed by atoms with Crippen LogP contribution in [-0.4, -0.2) is 40.6 Å². The third kappa shape index (κ3) is 5.30. The van der Waals surface area contributed by atoms with E-state index in [-0.39, 0.29) is 23.7 Å². The first kappa shape index (κ1) is 25.5. The molecule has 0 spiro atoms. The number of aromatic carboxylic acids is 1. The fourth-order valence-electron chi connectivity index (χ4n) is 4.25. The van der Waals surface area contributed by atoms with Gasteiger partial charge in [0.1, 0.15) is 16.5 Å². The predicted molar refractivity (Wildman–Crippen MR) is 120 cm³/mol. The van der Waals surface area contributed by atoms with Crippen molar-refractivity contribution in [1.29, 1.82) is 0 Å². The largest absolute Gasteiger partial charge is 0.506 e. The Morgan fingerprint density at radius 3 is 2.31 bits per heavy atom. The van der Waals surface area contributed by atoms with Crippen LogP contribution in [0.25, 0.3) is 5.69 Å². The lowest BCUT2D eigenvalue weighted by molar-refractivity contribution is -0.182. The number of phenolic OH excluding ortho intramolecular Hbond substituents is 1. The van der Waals surface area contributed by atoms with Crippen molar-refractivity contribution in [2.24, 2.45) is 5.92 Å². The summed E-state index contributed by atoms with van der Waals surface area (Å²) in [5, 5.41) is 22.8. The van der Waals surface area contributed by atoms with Crippen molar-refractivity contribution in [3.05, 3.63) is 65.7 Å². The van der Waals surface area contributed by atoms with Crippen LogP contribution < -0.4 is 4.72 Å². The van der Waals surface area contributed by atoms with Crippen molar-refractivity contribution in [3.63, 3.8) is 0 Å². The van der Waals surface area contributed by atoms with Gasteiger partial charge in [-0.1, -0.05) is 12.1 Å². The molecular weight excluding hydrogens is 506 g/mol. The van der Waals surface area contributed by atoms with E-state index in [0.29, 0.717) is 30.7 Å². The number of hydrogen-bond donors (Lipinski definition) is 3.